The van der Waals surface area contributed by atoms with E-state index in [4.69, 9.17) is 9.84 Å². The van der Waals surface area contributed by atoms with E-state index < -0.39 is 18.2 Å². The standard InChI is InChI=1S/C12H20N2O4/c1-13(2)8-5-6-14(7-8)11(15)9-3-4-10(18-9)12(16)17/h8-10H,3-7H2,1-2H3,(H,16,17)/t8?,9-,10+/m0/s1. The Hall–Kier alpha value is -1.14. The van der Waals surface area contributed by atoms with Crippen molar-refractivity contribution in [1.29, 1.82) is 0 Å². The normalized spacial score (nSPS) is 32.2. The van der Waals surface area contributed by atoms with E-state index in [-0.39, 0.29) is 5.91 Å². The minimum atomic E-state index is -0.974. The van der Waals surface area contributed by atoms with Gasteiger partial charge in [-0.15, -0.1) is 0 Å². The molecule has 1 unspecified atom stereocenters. The lowest BCUT2D eigenvalue weighted by Crippen LogP contribution is -2.40. The lowest BCUT2D eigenvalue weighted by atomic mass is 10.2. The smallest absolute Gasteiger partial charge is 0.332 e. The van der Waals surface area contributed by atoms with E-state index in [1.165, 1.54) is 0 Å². The van der Waals surface area contributed by atoms with E-state index in [0.717, 1.165) is 13.0 Å². The van der Waals surface area contributed by atoms with E-state index in [0.29, 0.717) is 25.4 Å². The molecule has 0 bridgehead atoms. The lowest BCUT2D eigenvalue weighted by Gasteiger charge is -2.22. The molecule has 18 heavy (non-hydrogen) atoms. The van der Waals surface area contributed by atoms with Gasteiger partial charge >= 0.3 is 5.97 Å². The fourth-order valence-corrected chi connectivity index (χ4v) is 2.57. The van der Waals surface area contributed by atoms with E-state index in [9.17, 15) is 9.59 Å². The Kier molecular flexibility index (Phi) is 3.87. The molecule has 2 saturated heterocycles. The van der Waals surface area contributed by atoms with Crippen molar-refractivity contribution in [2.75, 3.05) is 27.2 Å². The highest BCUT2D eigenvalue weighted by Gasteiger charge is 2.38. The third-order valence-electron chi connectivity index (χ3n) is 3.78. The Morgan fingerprint density at radius 3 is 2.39 bits per heavy atom. The maximum Gasteiger partial charge on any atom is 0.332 e. The van der Waals surface area contributed by atoms with Crippen molar-refractivity contribution in [3.8, 4) is 0 Å². The average Bonchev–Trinajstić information content (AvgIpc) is 2.97. The van der Waals surface area contributed by atoms with Crippen molar-refractivity contribution in [2.45, 2.75) is 37.5 Å². The van der Waals surface area contributed by atoms with Crippen LogP contribution in [0.15, 0.2) is 0 Å². The number of carboxylic acid groups (broad SMARTS) is 1. The number of ether oxygens (including phenoxy) is 1. The quantitative estimate of drug-likeness (QED) is 0.756. The first kappa shape index (κ1) is 13.3. The van der Waals surface area contributed by atoms with Crippen LogP contribution < -0.4 is 0 Å². The molecule has 0 aromatic heterocycles. The molecular weight excluding hydrogens is 236 g/mol. The molecule has 2 aliphatic heterocycles. The number of carbonyl (C=O) groups excluding carboxylic acids is 1. The van der Waals surface area contributed by atoms with Crippen molar-refractivity contribution in [2.24, 2.45) is 0 Å². The Balaban J connectivity index is 1.88. The summed E-state index contributed by atoms with van der Waals surface area (Å²) in [6.45, 7) is 1.45. The highest BCUT2D eigenvalue weighted by Crippen LogP contribution is 2.24. The van der Waals surface area contributed by atoms with Gasteiger partial charge in [0.25, 0.3) is 5.91 Å². The van der Waals surface area contributed by atoms with Crippen LogP contribution in [0.25, 0.3) is 0 Å². The number of hydrogen-bond donors (Lipinski definition) is 1. The van der Waals surface area contributed by atoms with Gasteiger partial charge < -0.3 is 19.6 Å². The maximum absolute atomic E-state index is 12.2. The molecule has 2 fully saturated rings. The summed E-state index contributed by atoms with van der Waals surface area (Å²) in [5.74, 6) is -1.03. The minimum absolute atomic E-state index is 0.0527. The molecule has 6 heteroatoms. The summed E-state index contributed by atoms with van der Waals surface area (Å²) in [6, 6.07) is 0.394. The van der Waals surface area contributed by atoms with Crippen LogP contribution in [0.2, 0.25) is 0 Å². The number of nitrogens with zero attached hydrogens (tertiary/aromatic N) is 2. The van der Waals surface area contributed by atoms with Gasteiger partial charge in [0.2, 0.25) is 0 Å². The zero-order valence-corrected chi connectivity index (χ0v) is 10.8. The van der Waals surface area contributed by atoms with Gasteiger partial charge in [-0.25, -0.2) is 4.79 Å². The second-order valence-electron chi connectivity index (χ2n) is 5.22. The van der Waals surface area contributed by atoms with E-state index in [1.807, 2.05) is 14.1 Å². The summed E-state index contributed by atoms with van der Waals surface area (Å²) >= 11 is 0. The van der Waals surface area contributed by atoms with E-state index in [2.05, 4.69) is 4.90 Å². The Morgan fingerprint density at radius 1 is 1.22 bits per heavy atom. The SMILES string of the molecule is CN(C)C1CCN(C(=O)[C@@H]2CC[C@H](C(=O)O)O2)C1. The van der Waals surface area contributed by atoms with E-state index in [1.54, 1.807) is 4.90 Å². The van der Waals surface area contributed by atoms with Crippen LogP contribution in [0.4, 0.5) is 0 Å². The highest BCUT2D eigenvalue weighted by atomic mass is 16.5. The first-order chi connectivity index (χ1) is 8.49. The van der Waals surface area contributed by atoms with Crippen LogP contribution in [-0.4, -0.2) is 72.2 Å². The number of likely N-dealkylation sites (N-methyl/N-ethyl adjacent to an activating group) is 1. The molecule has 0 aromatic rings. The highest BCUT2D eigenvalue weighted by molar-refractivity contribution is 5.83. The van der Waals surface area contributed by atoms with Crippen molar-refractivity contribution in [3.05, 3.63) is 0 Å². The van der Waals surface area contributed by atoms with Gasteiger partial charge in [0.1, 0.15) is 6.10 Å². The summed E-state index contributed by atoms with van der Waals surface area (Å²) in [5.41, 5.74) is 0. The minimum Gasteiger partial charge on any atom is -0.479 e. The van der Waals surface area contributed by atoms with Crippen molar-refractivity contribution in [3.63, 3.8) is 0 Å². The molecule has 2 aliphatic rings. The number of aliphatic carboxylic acids is 1. The van der Waals surface area contributed by atoms with Gasteiger partial charge in [-0.2, -0.15) is 0 Å². The number of carbonyl (C=O) groups is 2. The van der Waals surface area contributed by atoms with Gasteiger partial charge in [-0.05, 0) is 33.4 Å². The van der Waals surface area contributed by atoms with Gasteiger partial charge in [0, 0.05) is 19.1 Å². The molecule has 0 radical (unpaired) electrons. The molecule has 6 nitrogen and oxygen atoms in total. The molecule has 2 rings (SSSR count). The molecule has 1 amide bonds. The molecule has 0 aromatic carbocycles. The molecule has 3 atom stereocenters. The largest absolute Gasteiger partial charge is 0.479 e. The van der Waals surface area contributed by atoms with Crippen LogP contribution in [0.5, 0.6) is 0 Å². The third kappa shape index (κ3) is 2.64. The summed E-state index contributed by atoms with van der Waals surface area (Å²) in [7, 11) is 4.01. The van der Waals surface area contributed by atoms with Crippen LogP contribution in [0.1, 0.15) is 19.3 Å². The number of amides is 1. The number of likely N-dealkylation sites (tertiary alicyclic amines) is 1. The topological polar surface area (TPSA) is 70.1 Å². The summed E-state index contributed by atoms with van der Waals surface area (Å²) in [4.78, 5) is 26.9. The average molecular weight is 256 g/mol. The Bertz CT molecular complexity index is 345. The van der Waals surface area contributed by atoms with E-state index >= 15 is 0 Å². The van der Waals surface area contributed by atoms with Crippen molar-refractivity contribution in [1.82, 2.24) is 9.80 Å². The maximum atomic E-state index is 12.2. The molecule has 0 saturated carbocycles. The van der Waals surface area contributed by atoms with Gasteiger partial charge in [-0.1, -0.05) is 0 Å². The lowest BCUT2D eigenvalue weighted by molar-refractivity contribution is -0.154. The second-order valence-corrected chi connectivity index (χ2v) is 5.22. The van der Waals surface area contributed by atoms with Crippen LogP contribution in [-0.2, 0) is 14.3 Å². The molecular formula is C12H20N2O4. The number of carboxylic acids is 1. The van der Waals surface area contributed by atoms with Crippen LogP contribution >= 0.6 is 0 Å². The number of rotatable bonds is 3. The first-order valence-corrected chi connectivity index (χ1v) is 6.32. The second kappa shape index (κ2) is 5.24. The summed E-state index contributed by atoms with van der Waals surface area (Å²) in [5, 5.41) is 8.84. The molecule has 102 valence electrons. The molecule has 1 N–H and O–H groups in total. The van der Waals surface area contributed by atoms with Gasteiger partial charge in [-0.3, -0.25) is 4.79 Å². The monoisotopic (exact) mass is 256 g/mol. The zero-order valence-electron chi connectivity index (χ0n) is 10.8. The Morgan fingerprint density at radius 2 is 1.89 bits per heavy atom. The molecule has 0 spiro atoms. The fraction of sp³-hybridized carbons (Fsp3) is 0.833. The number of hydrogen-bond acceptors (Lipinski definition) is 4. The predicted molar refractivity (Wildman–Crippen MR) is 64.2 cm³/mol. The third-order valence-corrected chi connectivity index (χ3v) is 3.78. The summed E-state index contributed by atoms with van der Waals surface area (Å²) < 4.78 is 5.29. The first-order valence-electron chi connectivity index (χ1n) is 6.32. The fourth-order valence-electron chi connectivity index (χ4n) is 2.57. The van der Waals surface area contributed by atoms with Gasteiger partial charge in [0.15, 0.2) is 6.10 Å². The van der Waals surface area contributed by atoms with Crippen molar-refractivity contribution >= 4 is 11.9 Å². The van der Waals surface area contributed by atoms with Gasteiger partial charge in [0.05, 0.1) is 0 Å². The predicted octanol–water partition coefficient (Wildman–Crippen LogP) is -0.219. The summed E-state index contributed by atoms with van der Waals surface area (Å²) in [6.07, 6.45) is 0.530. The zero-order chi connectivity index (χ0) is 13.3. The van der Waals surface area contributed by atoms with Crippen LogP contribution in [0.3, 0.4) is 0 Å². The molecule has 2 heterocycles. The Labute approximate surface area is 106 Å². The molecule has 0 aliphatic carbocycles. The van der Waals surface area contributed by atoms with Crippen molar-refractivity contribution < 1.29 is 19.4 Å². The van der Waals surface area contributed by atoms with Crippen LogP contribution in [0, 0.1) is 0 Å².